The summed E-state index contributed by atoms with van der Waals surface area (Å²) in [5, 5.41) is 0. The average molecular weight is 247 g/mol. The number of halogens is 1. The summed E-state index contributed by atoms with van der Waals surface area (Å²) in [5.74, 6) is -0.580. The largest absolute Gasteiger partial charge is 0.396 e. The van der Waals surface area contributed by atoms with E-state index in [2.05, 4.69) is 0 Å². The van der Waals surface area contributed by atoms with E-state index in [1.807, 2.05) is 6.08 Å². The van der Waals surface area contributed by atoms with Crippen LogP contribution in [0.1, 0.15) is 48.9 Å². The van der Waals surface area contributed by atoms with Gasteiger partial charge in [0.05, 0.1) is 5.69 Å². The van der Waals surface area contributed by atoms with Crippen LogP contribution in [0.15, 0.2) is 29.8 Å². The van der Waals surface area contributed by atoms with Gasteiger partial charge in [0.2, 0.25) is 0 Å². The molecule has 1 aromatic rings. The number of benzene rings is 1. The lowest BCUT2D eigenvalue weighted by atomic mass is 9.94. The first-order valence-electron chi connectivity index (χ1n) is 6.47. The Labute approximate surface area is 107 Å². The molecule has 96 valence electrons. The zero-order valence-corrected chi connectivity index (χ0v) is 10.4. The molecule has 0 unspecified atom stereocenters. The topological polar surface area (TPSA) is 43.1 Å². The van der Waals surface area contributed by atoms with Crippen molar-refractivity contribution in [1.82, 2.24) is 0 Å². The molecule has 3 heteroatoms. The molecule has 0 spiro atoms. The Morgan fingerprint density at radius 3 is 2.72 bits per heavy atom. The van der Waals surface area contributed by atoms with E-state index >= 15 is 0 Å². The molecule has 0 heterocycles. The minimum atomic E-state index is -0.521. The third-order valence-electron chi connectivity index (χ3n) is 3.35. The van der Waals surface area contributed by atoms with Gasteiger partial charge in [0.25, 0.3) is 0 Å². The van der Waals surface area contributed by atoms with E-state index in [0.29, 0.717) is 5.56 Å². The fourth-order valence-corrected chi connectivity index (χ4v) is 2.25. The smallest absolute Gasteiger partial charge is 0.188 e. The number of hydrogen-bond acceptors (Lipinski definition) is 2. The molecule has 0 saturated carbocycles. The highest BCUT2D eigenvalue weighted by molar-refractivity contribution is 6.08. The zero-order valence-electron chi connectivity index (χ0n) is 10.4. The molecule has 2 N–H and O–H groups in total. The summed E-state index contributed by atoms with van der Waals surface area (Å²) in [6, 6.07) is 4.28. The normalized spacial score (nSPS) is 19.5. The molecule has 0 amide bonds. The van der Waals surface area contributed by atoms with Crippen molar-refractivity contribution in [3.63, 3.8) is 0 Å². The average Bonchev–Trinajstić information content (AvgIpc) is 2.31. The number of nitrogens with two attached hydrogens (primary N) is 1. The summed E-state index contributed by atoms with van der Waals surface area (Å²) < 4.78 is 13.4. The molecule has 1 aromatic carbocycles. The highest BCUT2D eigenvalue weighted by Gasteiger charge is 2.14. The van der Waals surface area contributed by atoms with Crippen LogP contribution in [0.25, 0.3) is 0 Å². The second kappa shape index (κ2) is 5.80. The van der Waals surface area contributed by atoms with Crippen LogP contribution in [0.5, 0.6) is 0 Å². The summed E-state index contributed by atoms with van der Waals surface area (Å²) in [6.45, 7) is 0. The summed E-state index contributed by atoms with van der Waals surface area (Å²) in [7, 11) is 0. The number of anilines is 1. The van der Waals surface area contributed by atoms with E-state index in [4.69, 9.17) is 5.73 Å². The molecule has 0 aromatic heterocycles. The molecule has 1 aliphatic rings. The van der Waals surface area contributed by atoms with Crippen molar-refractivity contribution in [3.8, 4) is 0 Å². The first-order chi connectivity index (χ1) is 8.68. The summed E-state index contributed by atoms with van der Waals surface area (Å²) in [5.41, 5.74) is 6.71. The summed E-state index contributed by atoms with van der Waals surface area (Å²) in [6.07, 6.45) is 8.32. The molecule has 0 radical (unpaired) electrons. The van der Waals surface area contributed by atoms with Gasteiger partial charge in [-0.1, -0.05) is 18.9 Å². The van der Waals surface area contributed by atoms with E-state index in [-0.39, 0.29) is 11.5 Å². The van der Waals surface area contributed by atoms with Crippen molar-refractivity contribution in [3.05, 3.63) is 41.2 Å². The maximum absolute atomic E-state index is 13.4. The number of nitrogen functional groups attached to an aromatic ring is 1. The van der Waals surface area contributed by atoms with Crippen molar-refractivity contribution in [2.75, 3.05) is 5.73 Å². The molecule has 0 bridgehead atoms. The van der Waals surface area contributed by atoms with Crippen LogP contribution in [0, 0.1) is 5.82 Å². The van der Waals surface area contributed by atoms with E-state index in [1.165, 1.54) is 25.0 Å². The van der Waals surface area contributed by atoms with Gasteiger partial charge >= 0.3 is 0 Å². The van der Waals surface area contributed by atoms with Gasteiger partial charge in [-0.2, -0.15) is 0 Å². The Balaban J connectivity index is 2.21. The number of carbonyl (C=O) groups is 1. The molecule has 0 aliphatic heterocycles. The molecule has 18 heavy (non-hydrogen) atoms. The lowest BCUT2D eigenvalue weighted by Gasteiger charge is -2.11. The first kappa shape index (κ1) is 12.8. The quantitative estimate of drug-likeness (QED) is 0.636. The van der Waals surface area contributed by atoms with Gasteiger partial charge in [-0.3, -0.25) is 4.79 Å². The van der Waals surface area contributed by atoms with Crippen LogP contribution in [0.2, 0.25) is 0 Å². The molecule has 2 nitrogen and oxygen atoms in total. The Morgan fingerprint density at radius 1 is 1.17 bits per heavy atom. The standard InChI is InChI=1S/C15H18FNO/c16-13-10-12(8-9-14(13)17)15(18)11-6-4-2-1-3-5-7-11/h6,8-10H,1-5,7,17H2/b11-6+. The van der Waals surface area contributed by atoms with Crippen LogP contribution in [-0.4, -0.2) is 5.78 Å². The first-order valence-corrected chi connectivity index (χ1v) is 6.47. The summed E-state index contributed by atoms with van der Waals surface area (Å²) >= 11 is 0. The molecule has 1 aliphatic carbocycles. The lowest BCUT2D eigenvalue weighted by Crippen LogP contribution is -2.06. The Hall–Kier alpha value is -1.64. The van der Waals surface area contributed by atoms with Crippen LogP contribution in [0.4, 0.5) is 10.1 Å². The van der Waals surface area contributed by atoms with Crippen LogP contribution in [-0.2, 0) is 0 Å². The Kier molecular flexibility index (Phi) is 4.13. The van der Waals surface area contributed by atoms with Crippen molar-refractivity contribution < 1.29 is 9.18 Å². The van der Waals surface area contributed by atoms with E-state index in [1.54, 1.807) is 6.07 Å². The van der Waals surface area contributed by atoms with Gasteiger partial charge < -0.3 is 5.73 Å². The molecular weight excluding hydrogens is 229 g/mol. The monoisotopic (exact) mass is 247 g/mol. The van der Waals surface area contributed by atoms with Gasteiger partial charge in [-0.25, -0.2) is 4.39 Å². The highest BCUT2D eigenvalue weighted by Crippen LogP contribution is 2.22. The molecule has 0 atom stereocenters. The van der Waals surface area contributed by atoms with E-state index < -0.39 is 5.82 Å². The second-order valence-electron chi connectivity index (χ2n) is 4.75. The minimum Gasteiger partial charge on any atom is -0.396 e. The Morgan fingerprint density at radius 2 is 1.94 bits per heavy atom. The number of hydrogen-bond donors (Lipinski definition) is 1. The third kappa shape index (κ3) is 2.97. The molecule has 0 saturated heterocycles. The number of allylic oxidation sites excluding steroid dienone is 2. The third-order valence-corrected chi connectivity index (χ3v) is 3.35. The molecule has 0 fully saturated rings. The second-order valence-corrected chi connectivity index (χ2v) is 4.75. The number of Topliss-reactive ketones (excluding diaryl/α,β-unsaturated/α-hetero) is 1. The highest BCUT2D eigenvalue weighted by atomic mass is 19.1. The van der Waals surface area contributed by atoms with Crippen molar-refractivity contribution in [2.45, 2.75) is 38.5 Å². The van der Waals surface area contributed by atoms with Crippen LogP contribution >= 0.6 is 0 Å². The molecular formula is C15H18FNO. The SMILES string of the molecule is Nc1ccc(C(=O)/C2=C/CCCCCC2)cc1F. The molecule has 2 rings (SSSR count). The van der Waals surface area contributed by atoms with E-state index in [9.17, 15) is 9.18 Å². The van der Waals surface area contributed by atoms with Gasteiger partial charge in [-0.05, 0) is 49.5 Å². The summed E-state index contributed by atoms with van der Waals surface area (Å²) in [4.78, 5) is 12.3. The Bertz CT molecular complexity index is 479. The minimum absolute atomic E-state index is 0.0594. The zero-order chi connectivity index (χ0) is 13.0. The van der Waals surface area contributed by atoms with Crippen LogP contribution < -0.4 is 5.73 Å². The predicted molar refractivity (Wildman–Crippen MR) is 70.9 cm³/mol. The number of rotatable bonds is 2. The van der Waals surface area contributed by atoms with Crippen molar-refractivity contribution >= 4 is 11.5 Å². The fraction of sp³-hybridized carbons (Fsp3) is 0.400. The lowest BCUT2D eigenvalue weighted by molar-refractivity contribution is 0.102. The van der Waals surface area contributed by atoms with Gasteiger partial charge in [0.1, 0.15) is 5.82 Å². The van der Waals surface area contributed by atoms with E-state index in [0.717, 1.165) is 31.3 Å². The number of ketones is 1. The van der Waals surface area contributed by atoms with Crippen molar-refractivity contribution in [1.29, 1.82) is 0 Å². The van der Waals surface area contributed by atoms with Gasteiger partial charge in [0.15, 0.2) is 5.78 Å². The maximum atomic E-state index is 13.4. The van der Waals surface area contributed by atoms with Crippen molar-refractivity contribution in [2.24, 2.45) is 0 Å². The van der Waals surface area contributed by atoms with Gasteiger partial charge in [0, 0.05) is 5.56 Å². The van der Waals surface area contributed by atoms with Gasteiger partial charge in [-0.15, -0.1) is 0 Å². The number of carbonyl (C=O) groups excluding carboxylic acids is 1. The fourth-order valence-electron chi connectivity index (χ4n) is 2.25. The predicted octanol–water partition coefficient (Wildman–Crippen LogP) is 3.87. The van der Waals surface area contributed by atoms with Crippen LogP contribution in [0.3, 0.4) is 0 Å². The maximum Gasteiger partial charge on any atom is 0.188 e.